The maximum atomic E-state index is 12.0. The van der Waals surface area contributed by atoms with Gasteiger partial charge in [-0.1, -0.05) is 6.07 Å². The van der Waals surface area contributed by atoms with Crippen molar-refractivity contribution in [3.05, 3.63) is 67.8 Å². The standard InChI is InChI=1S/C15H12N4O7/c1-26-13-7-12(19(24)25)6-10(14(13)20)8-16-17-15(21)9-3-2-4-11(5-9)18(22)23/h2-8,20H,1H3,(H,17,21)/b16-8+. The lowest BCUT2D eigenvalue weighted by molar-refractivity contribution is -0.385. The average Bonchev–Trinajstić information content (AvgIpc) is 2.62. The Kier molecular flexibility index (Phi) is 5.43. The zero-order valence-electron chi connectivity index (χ0n) is 13.3. The van der Waals surface area contributed by atoms with Crippen LogP contribution < -0.4 is 10.2 Å². The minimum atomic E-state index is -0.734. The van der Waals surface area contributed by atoms with Crippen molar-refractivity contribution >= 4 is 23.5 Å². The Labute approximate surface area is 145 Å². The number of non-ortho nitro benzene ring substituents is 2. The summed E-state index contributed by atoms with van der Waals surface area (Å²) >= 11 is 0. The molecule has 26 heavy (non-hydrogen) atoms. The van der Waals surface area contributed by atoms with Gasteiger partial charge in [-0.05, 0) is 6.07 Å². The monoisotopic (exact) mass is 360 g/mol. The van der Waals surface area contributed by atoms with Crippen molar-refractivity contribution in [2.24, 2.45) is 5.10 Å². The van der Waals surface area contributed by atoms with Crippen LogP contribution in [0.25, 0.3) is 0 Å². The summed E-state index contributed by atoms with van der Waals surface area (Å²) in [5, 5.41) is 35.1. The van der Waals surface area contributed by atoms with Crippen LogP contribution in [0.15, 0.2) is 41.5 Å². The molecule has 0 bridgehead atoms. The van der Waals surface area contributed by atoms with E-state index < -0.39 is 21.5 Å². The van der Waals surface area contributed by atoms with Crippen molar-refractivity contribution in [3.8, 4) is 11.5 Å². The third kappa shape index (κ3) is 4.08. The highest BCUT2D eigenvalue weighted by molar-refractivity contribution is 5.95. The number of carbonyl (C=O) groups excluding carboxylic acids is 1. The van der Waals surface area contributed by atoms with E-state index in [0.29, 0.717) is 0 Å². The third-order valence-electron chi connectivity index (χ3n) is 3.21. The number of nitrogens with zero attached hydrogens (tertiary/aromatic N) is 3. The molecule has 0 unspecified atom stereocenters. The van der Waals surface area contributed by atoms with Crippen LogP contribution in [0.1, 0.15) is 15.9 Å². The maximum Gasteiger partial charge on any atom is 0.274 e. The van der Waals surface area contributed by atoms with Crippen LogP contribution in [-0.2, 0) is 0 Å². The smallest absolute Gasteiger partial charge is 0.274 e. The average molecular weight is 360 g/mol. The highest BCUT2D eigenvalue weighted by Gasteiger charge is 2.16. The van der Waals surface area contributed by atoms with E-state index in [2.05, 4.69) is 10.5 Å². The molecule has 0 heterocycles. The van der Waals surface area contributed by atoms with Crippen molar-refractivity contribution < 1.29 is 24.5 Å². The lowest BCUT2D eigenvalue weighted by atomic mass is 10.1. The zero-order valence-corrected chi connectivity index (χ0v) is 13.3. The quantitative estimate of drug-likeness (QED) is 0.453. The molecule has 2 aromatic carbocycles. The first kappa shape index (κ1) is 18.3. The molecule has 0 spiro atoms. The minimum Gasteiger partial charge on any atom is -0.504 e. The molecular weight excluding hydrogens is 348 g/mol. The van der Waals surface area contributed by atoms with Gasteiger partial charge < -0.3 is 9.84 Å². The Balaban J connectivity index is 2.21. The Morgan fingerprint density at radius 2 is 1.88 bits per heavy atom. The summed E-state index contributed by atoms with van der Waals surface area (Å²) in [6.45, 7) is 0. The van der Waals surface area contributed by atoms with E-state index >= 15 is 0 Å². The van der Waals surface area contributed by atoms with Gasteiger partial charge in [0.15, 0.2) is 11.5 Å². The van der Waals surface area contributed by atoms with Gasteiger partial charge >= 0.3 is 0 Å². The molecule has 2 aromatic rings. The third-order valence-corrected chi connectivity index (χ3v) is 3.21. The molecular formula is C15H12N4O7. The van der Waals surface area contributed by atoms with Gasteiger partial charge in [0.2, 0.25) is 0 Å². The number of nitro benzene ring substituents is 2. The largest absolute Gasteiger partial charge is 0.504 e. The summed E-state index contributed by atoms with van der Waals surface area (Å²) in [5.41, 5.74) is 1.45. The molecule has 1 amide bonds. The summed E-state index contributed by atoms with van der Waals surface area (Å²) in [6.07, 6.45) is 0.986. The Morgan fingerprint density at radius 3 is 2.50 bits per heavy atom. The molecule has 0 radical (unpaired) electrons. The number of amides is 1. The van der Waals surface area contributed by atoms with Gasteiger partial charge in [0.25, 0.3) is 17.3 Å². The number of ether oxygens (including phenoxy) is 1. The van der Waals surface area contributed by atoms with Crippen molar-refractivity contribution in [1.82, 2.24) is 5.43 Å². The number of rotatable bonds is 6. The second-order valence-corrected chi connectivity index (χ2v) is 4.85. The molecule has 0 saturated carbocycles. The van der Waals surface area contributed by atoms with E-state index in [4.69, 9.17) is 4.74 Å². The lowest BCUT2D eigenvalue weighted by Gasteiger charge is -2.06. The van der Waals surface area contributed by atoms with Gasteiger partial charge in [-0.3, -0.25) is 25.0 Å². The van der Waals surface area contributed by atoms with Crippen LogP contribution in [-0.4, -0.2) is 34.2 Å². The summed E-state index contributed by atoms with van der Waals surface area (Å²) < 4.78 is 4.84. The topological polar surface area (TPSA) is 157 Å². The van der Waals surface area contributed by atoms with Crippen molar-refractivity contribution in [2.75, 3.05) is 7.11 Å². The number of phenolic OH excluding ortho intramolecular Hbond substituents is 1. The summed E-state index contributed by atoms with van der Waals surface area (Å²) in [4.78, 5) is 32.2. The molecule has 11 heteroatoms. The minimum absolute atomic E-state index is 0.00260. The van der Waals surface area contributed by atoms with Crippen molar-refractivity contribution in [1.29, 1.82) is 0 Å². The molecule has 2 rings (SSSR count). The van der Waals surface area contributed by atoms with Crippen LogP contribution in [0.5, 0.6) is 11.5 Å². The maximum absolute atomic E-state index is 12.0. The number of carbonyl (C=O) groups is 1. The number of nitrogens with one attached hydrogen (secondary N) is 1. The normalized spacial score (nSPS) is 10.5. The molecule has 0 aliphatic rings. The molecule has 134 valence electrons. The molecule has 0 atom stereocenters. The molecule has 0 aromatic heterocycles. The van der Waals surface area contributed by atoms with Crippen LogP contribution in [0.2, 0.25) is 0 Å². The summed E-state index contributed by atoms with van der Waals surface area (Å²) in [5.74, 6) is -1.26. The molecule has 0 aliphatic carbocycles. The highest BCUT2D eigenvalue weighted by atomic mass is 16.6. The van der Waals surface area contributed by atoms with Gasteiger partial charge in [-0.2, -0.15) is 5.10 Å². The van der Waals surface area contributed by atoms with Gasteiger partial charge in [0.1, 0.15) is 0 Å². The first-order valence-corrected chi connectivity index (χ1v) is 6.96. The van der Waals surface area contributed by atoms with E-state index in [-0.39, 0.29) is 28.3 Å². The van der Waals surface area contributed by atoms with Crippen LogP contribution in [0, 0.1) is 20.2 Å². The van der Waals surface area contributed by atoms with E-state index in [1.54, 1.807) is 0 Å². The van der Waals surface area contributed by atoms with E-state index in [1.165, 1.54) is 25.3 Å². The number of hydrazone groups is 1. The van der Waals surface area contributed by atoms with Crippen LogP contribution in [0.4, 0.5) is 11.4 Å². The second kappa shape index (κ2) is 7.70. The Morgan fingerprint density at radius 1 is 1.19 bits per heavy atom. The molecule has 11 nitrogen and oxygen atoms in total. The van der Waals surface area contributed by atoms with Gasteiger partial charge in [-0.15, -0.1) is 0 Å². The number of benzene rings is 2. The second-order valence-electron chi connectivity index (χ2n) is 4.85. The number of hydrogen-bond donors (Lipinski definition) is 2. The van der Waals surface area contributed by atoms with Crippen molar-refractivity contribution in [3.63, 3.8) is 0 Å². The summed E-state index contributed by atoms with van der Waals surface area (Å²) in [7, 11) is 1.23. The lowest BCUT2D eigenvalue weighted by Crippen LogP contribution is -2.17. The Hall–Kier alpha value is -4.02. The molecule has 0 fully saturated rings. The van der Waals surface area contributed by atoms with E-state index in [0.717, 1.165) is 24.4 Å². The molecule has 0 saturated heterocycles. The zero-order chi connectivity index (χ0) is 19.3. The number of phenols is 1. The van der Waals surface area contributed by atoms with Crippen LogP contribution >= 0.6 is 0 Å². The fourth-order valence-electron chi connectivity index (χ4n) is 1.96. The SMILES string of the molecule is COc1cc([N+](=O)[O-])cc(/C=N/NC(=O)c2cccc([N+](=O)[O-])c2)c1O. The number of aromatic hydroxyl groups is 1. The van der Waals surface area contributed by atoms with Crippen molar-refractivity contribution in [2.45, 2.75) is 0 Å². The first-order valence-electron chi connectivity index (χ1n) is 6.96. The number of hydrogen-bond acceptors (Lipinski definition) is 8. The number of nitro groups is 2. The number of methoxy groups -OCH3 is 1. The van der Waals surface area contributed by atoms with Gasteiger partial charge in [0, 0.05) is 29.3 Å². The fourth-order valence-corrected chi connectivity index (χ4v) is 1.96. The predicted molar refractivity (Wildman–Crippen MR) is 89.5 cm³/mol. The molecule has 0 aliphatic heterocycles. The highest BCUT2D eigenvalue weighted by Crippen LogP contribution is 2.33. The van der Waals surface area contributed by atoms with Gasteiger partial charge in [-0.25, -0.2) is 5.43 Å². The van der Waals surface area contributed by atoms with Gasteiger partial charge in [0.05, 0.1) is 29.2 Å². The summed E-state index contributed by atoms with van der Waals surface area (Å²) in [6, 6.07) is 7.07. The Bertz CT molecular complexity index is 911. The fraction of sp³-hybridized carbons (Fsp3) is 0.0667. The van der Waals surface area contributed by atoms with E-state index in [1.807, 2.05) is 0 Å². The first-order chi connectivity index (χ1) is 12.3. The predicted octanol–water partition coefficient (Wildman–Crippen LogP) is 1.98. The van der Waals surface area contributed by atoms with Crippen LogP contribution in [0.3, 0.4) is 0 Å². The molecule has 2 N–H and O–H groups in total. The van der Waals surface area contributed by atoms with E-state index in [9.17, 15) is 30.1 Å².